The first-order valence-corrected chi connectivity index (χ1v) is 7.41. The maximum Gasteiger partial charge on any atom is 0.237 e. The molecular formula is C14H18BrFN2O2. The fraction of sp³-hybridized carbons (Fsp3) is 0.500. The summed E-state index contributed by atoms with van der Waals surface area (Å²) in [6.07, 6.45) is 1.61. The largest absolute Gasteiger partial charge is 0.381 e. The van der Waals surface area contributed by atoms with Crippen LogP contribution < -0.4 is 11.1 Å². The molecule has 1 aliphatic heterocycles. The van der Waals surface area contributed by atoms with Crippen molar-refractivity contribution in [2.24, 2.45) is 11.7 Å². The van der Waals surface area contributed by atoms with Gasteiger partial charge < -0.3 is 15.8 Å². The van der Waals surface area contributed by atoms with Gasteiger partial charge in [0, 0.05) is 24.2 Å². The van der Waals surface area contributed by atoms with Crippen molar-refractivity contribution in [1.29, 1.82) is 0 Å². The Labute approximate surface area is 126 Å². The van der Waals surface area contributed by atoms with Gasteiger partial charge >= 0.3 is 0 Å². The van der Waals surface area contributed by atoms with Crippen LogP contribution in [0.1, 0.15) is 18.4 Å². The molecule has 1 unspecified atom stereocenters. The van der Waals surface area contributed by atoms with E-state index in [4.69, 9.17) is 10.5 Å². The van der Waals surface area contributed by atoms with Gasteiger partial charge in [0.15, 0.2) is 0 Å². The number of carbonyl (C=O) groups is 1. The van der Waals surface area contributed by atoms with E-state index in [9.17, 15) is 9.18 Å². The number of nitrogens with one attached hydrogen (secondary N) is 1. The Balaban J connectivity index is 1.87. The zero-order chi connectivity index (χ0) is 14.5. The number of ether oxygens (including phenoxy) is 1. The molecule has 1 aromatic rings. The van der Waals surface area contributed by atoms with Crippen LogP contribution in [0, 0.1) is 11.7 Å². The molecule has 1 fully saturated rings. The van der Waals surface area contributed by atoms with Gasteiger partial charge in [-0.2, -0.15) is 0 Å². The number of benzene rings is 1. The molecule has 0 bridgehead atoms. The lowest BCUT2D eigenvalue weighted by atomic mass is 9.92. The van der Waals surface area contributed by atoms with Crippen LogP contribution in [0.2, 0.25) is 0 Å². The summed E-state index contributed by atoms with van der Waals surface area (Å²) in [5, 5.41) is 2.76. The Kier molecular flexibility index (Phi) is 5.51. The smallest absolute Gasteiger partial charge is 0.237 e. The maximum absolute atomic E-state index is 13.2. The van der Waals surface area contributed by atoms with Gasteiger partial charge in [-0.3, -0.25) is 4.79 Å². The zero-order valence-corrected chi connectivity index (χ0v) is 12.7. The Morgan fingerprint density at radius 3 is 2.80 bits per heavy atom. The third-order valence-electron chi connectivity index (χ3n) is 3.47. The van der Waals surface area contributed by atoms with Crippen LogP contribution in [0.25, 0.3) is 0 Å². The molecule has 0 aromatic heterocycles. The topological polar surface area (TPSA) is 64.4 Å². The Morgan fingerprint density at radius 1 is 1.45 bits per heavy atom. The molecular weight excluding hydrogens is 327 g/mol. The van der Waals surface area contributed by atoms with Gasteiger partial charge in [-0.25, -0.2) is 4.39 Å². The molecule has 6 heteroatoms. The summed E-state index contributed by atoms with van der Waals surface area (Å²) in [4.78, 5) is 12.0. The van der Waals surface area contributed by atoms with Crippen LogP contribution in [-0.2, 0) is 16.1 Å². The highest BCUT2D eigenvalue weighted by Gasteiger charge is 2.26. The predicted molar refractivity (Wildman–Crippen MR) is 77.5 cm³/mol. The molecule has 1 heterocycles. The van der Waals surface area contributed by atoms with E-state index in [1.54, 1.807) is 6.07 Å². The van der Waals surface area contributed by atoms with Gasteiger partial charge in [-0.15, -0.1) is 0 Å². The Bertz CT molecular complexity index is 458. The molecule has 0 aliphatic carbocycles. The van der Waals surface area contributed by atoms with Crippen molar-refractivity contribution in [3.8, 4) is 0 Å². The van der Waals surface area contributed by atoms with Crippen LogP contribution in [0.5, 0.6) is 0 Å². The highest BCUT2D eigenvalue weighted by atomic mass is 79.9. The van der Waals surface area contributed by atoms with E-state index in [0.29, 0.717) is 23.2 Å². The lowest BCUT2D eigenvalue weighted by Crippen LogP contribution is -2.46. The van der Waals surface area contributed by atoms with Gasteiger partial charge in [0.1, 0.15) is 5.82 Å². The number of rotatable bonds is 4. The average molecular weight is 345 g/mol. The lowest BCUT2D eigenvalue weighted by molar-refractivity contribution is -0.124. The Hall–Kier alpha value is -0.980. The molecule has 1 aromatic carbocycles. The first-order valence-electron chi connectivity index (χ1n) is 6.62. The molecule has 0 radical (unpaired) electrons. The molecule has 2 rings (SSSR count). The lowest BCUT2D eigenvalue weighted by Gasteiger charge is -2.26. The highest BCUT2D eigenvalue weighted by Crippen LogP contribution is 2.18. The second kappa shape index (κ2) is 7.15. The monoisotopic (exact) mass is 344 g/mol. The van der Waals surface area contributed by atoms with E-state index < -0.39 is 6.04 Å². The van der Waals surface area contributed by atoms with Crippen molar-refractivity contribution in [3.63, 3.8) is 0 Å². The number of hydrogen-bond acceptors (Lipinski definition) is 3. The fourth-order valence-electron chi connectivity index (χ4n) is 2.31. The minimum absolute atomic E-state index is 0.156. The van der Waals surface area contributed by atoms with Crippen LogP contribution in [0.3, 0.4) is 0 Å². The normalized spacial score (nSPS) is 17.8. The summed E-state index contributed by atoms with van der Waals surface area (Å²) in [5.74, 6) is -0.377. The first-order chi connectivity index (χ1) is 9.56. The molecule has 0 spiro atoms. The minimum atomic E-state index is -0.532. The van der Waals surface area contributed by atoms with Crippen molar-refractivity contribution in [2.75, 3.05) is 13.2 Å². The summed E-state index contributed by atoms with van der Waals surface area (Å²) >= 11 is 3.22. The summed E-state index contributed by atoms with van der Waals surface area (Å²) < 4.78 is 19.1. The standard InChI is InChI=1S/C14H18BrFN2O2/c15-11-5-9(6-12(16)7-11)8-18-14(19)13(17)10-1-3-20-4-2-10/h5-7,10,13H,1-4,8,17H2,(H,18,19). The molecule has 20 heavy (non-hydrogen) atoms. The van der Waals surface area contributed by atoms with E-state index in [1.807, 2.05) is 0 Å². The maximum atomic E-state index is 13.2. The third-order valence-corrected chi connectivity index (χ3v) is 3.92. The van der Waals surface area contributed by atoms with Crippen molar-refractivity contribution in [1.82, 2.24) is 5.32 Å². The second-order valence-electron chi connectivity index (χ2n) is 4.97. The summed E-state index contributed by atoms with van der Waals surface area (Å²) in [6, 6.07) is 4.00. The zero-order valence-electron chi connectivity index (χ0n) is 11.1. The second-order valence-corrected chi connectivity index (χ2v) is 5.89. The van der Waals surface area contributed by atoms with Crippen molar-refractivity contribution in [3.05, 3.63) is 34.1 Å². The highest BCUT2D eigenvalue weighted by molar-refractivity contribution is 9.10. The van der Waals surface area contributed by atoms with E-state index in [1.165, 1.54) is 12.1 Å². The van der Waals surface area contributed by atoms with Crippen LogP contribution in [-0.4, -0.2) is 25.2 Å². The number of carbonyl (C=O) groups excluding carboxylic acids is 1. The number of amides is 1. The molecule has 1 atom stereocenters. The minimum Gasteiger partial charge on any atom is -0.381 e. The van der Waals surface area contributed by atoms with E-state index in [2.05, 4.69) is 21.2 Å². The summed E-state index contributed by atoms with van der Waals surface area (Å²) in [5.41, 5.74) is 6.66. The molecule has 1 amide bonds. The van der Waals surface area contributed by atoms with E-state index in [0.717, 1.165) is 12.8 Å². The number of nitrogens with two attached hydrogens (primary N) is 1. The van der Waals surface area contributed by atoms with Crippen LogP contribution >= 0.6 is 15.9 Å². The first kappa shape index (κ1) is 15.4. The van der Waals surface area contributed by atoms with Gasteiger partial charge in [-0.05, 0) is 42.5 Å². The average Bonchev–Trinajstić information content (AvgIpc) is 2.44. The molecule has 4 nitrogen and oxygen atoms in total. The predicted octanol–water partition coefficient (Wildman–Crippen LogP) is 1.96. The molecule has 3 N–H and O–H groups in total. The van der Waals surface area contributed by atoms with Crippen molar-refractivity contribution in [2.45, 2.75) is 25.4 Å². The van der Waals surface area contributed by atoms with Crippen molar-refractivity contribution >= 4 is 21.8 Å². The van der Waals surface area contributed by atoms with Gasteiger partial charge in [-0.1, -0.05) is 15.9 Å². The molecule has 110 valence electrons. The SMILES string of the molecule is NC(C(=O)NCc1cc(F)cc(Br)c1)C1CCOCC1. The molecule has 1 saturated heterocycles. The van der Waals surface area contributed by atoms with Gasteiger partial charge in [0.2, 0.25) is 5.91 Å². The Morgan fingerprint density at radius 2 is 2.15 bits per heavy atom. The molecule has 0 saturated carbocycles. The number of halogens is 2. The van der Waals surface area contributed by atoms with Gasteiger partial charge in [0.05, 0.1) is 6.04 Å². The van der Waals surface area contributed by atoms with Crippen LogP contribution in [0.4, 0.5) is 4.39 Å². The van der Waals surface area contributed by atoms with Crippen LogP contribution in [0.15, 0.2) is 22.7 Å². The fourth-order valence-corrected chi connectivity index (χ4v) is 2.82. The third kappa shape index (κ3) is 4.26. The number of hydrogen-bond donors (Lipinski definition) is 2. The summed E-state index contributed by atoms with van der Waals surface area (Å²) in [7, 11) is 0. The quantitative estimate of drug-likeness (QED) is 0.877. The van der Waals surface area contributed by atoms with Crippen molar-refractivity contribution < 1.29 is 13.9 Å². The van der Waals surface area contributed by atoms with Gasteiger partial charge in [0.25, 0.3) is 0 Å². The molecule has 1 aliphatic rings. The van der Waals surface area contributed by atoms with E-state index in [-0.39, 0.29) is 24.2 Å². The van der Waals surface area contributed by atoms with E-state index >= 15 is 0 Å². The summed E-state index contributed by atoms with van der Waals surface area (Å²) in [6.45, 7) is 1.58.